The van der Waals surface area contributed by atoms with Crippen molar-refractivity contribution in [1.29, 1.82) is 0 Å². The predicted molar refractivity (Wildman–Crippen MR) is 97.8 cm³/mol. The van der Waals surface area contributed by atoms with Gasteiger partial charge >= 0.3 is 0 Å². The number of rotatable bonds is 4. The van der Waals surface area contributed by atoms with Crippen molar-refractivity contribution in [2.75, 3.05) is 0 Å². The van der Waals surface area contributed by atoms with E-state index in [1.165, 1.54) is 22.4 Å². The Kier molecular flexibility index (Phi) is 3.84. The largest absolute Gasteiger partial charge is 0.290 e. The summed E-state index contributed by atoms with van der Waals surface area (Å²) in [5, 5.41) is 4.63. The van der Waals surface area contributed by atoms with Gasteiger partial charge in [0.15, 0.2) is 0 Å². The summed E-state index contributed by atoms with van der Waals surface area (Å²) in [5.74, 6) is -0.333. The molecule has 126 valence electrons. The molecule has 2 aromatic heterocycles. The molecule has 0 fully saturated rings. The number of benzene rings is 2. The molecule has 0 aliphatic rings. The molecule has 2 heterocycles. The van der Waals surface area contributed by atoms with Crippen LogP contribution in [0.25, 0.3) is 27.5 Å². The predicted octanol–water partition coefficient (Wildman–Crippen LogP) is 4.35. The van der Waals surface area contributed by atoms with Gasteiger partial charge in [-0.2, -0.15) is 0 Å². The molecule has 0 unspecified atom stereocenters. The van der Waals surface area contributed by atoms with E-state index in [1.54, 1.807) is 18.3 Å². The number of aryl methyl sites for hydroxylation is 1. The second-order valence-corrected chi connectivity index (χ2v) is 6.23. The van der Waals surface area contributed by atoms with E-state index in [4.69, 9.17) is 0 Å². The maximum atomic E-state index is 13.2. The van der Waals surface area contributed by atoms with Gasteiger partial charge in [-0.25, -0.2) is 9.07 Å². The number of aromatic nitrogens is 3. The normalized spacial score (nSPS) is 11.4. The monoisotopic (exact) mass is 335 g/mol. The highest BCUT2D eigenvalue weighted by molar-refractivity contribution is 6.03. The van der Waals surface area contributed by atoms with Crippen LogP contribution in [0.2, 0.25) is 0 Å². The van der Waals surface area contributed by atoms with E-state index >= 15 is 0 Å². The van der Waals surface area contributed by atoms with E-state index in [-0.39, 0.29) is 11.4 Å². The first kappa shape index (κ1) is 15.6. The molecular weight excluding hydrogens is 317 g/mol. The van der Waals surface area contributed by atoms with Gasteiger partial charge in [-0.15, -0.1) is 0 Å². The lowest BCUT2D eigenvalue weighted by atomic mass is 10.0. The molecule has 0 bridgehead atoms. The highest BCUT2D eigenvalue weighted by Gasteiger charge is 2.12. The van der Waals surface area contributed by atoms with E-state index in [0.29, 0.717) is 11.1 Å². The van der Waals surface area contributed by atoms with E-state index in [9.17, 15) is 9.18 Å². The van der Waals surface area contributed by atoms with Crippen molar-refractivity contribution in [3.8, 4) is 5.69 Å². The number of nitrogens with zero attached hydrogens (tertiary/aromatic N) is 2. The van der Waals surface area contributed by atoms with Gasteiger partial charge in [0, 0.05) is 11.6 Å². The van der Waals surface area contributed by atoms with Gasteiger partial charge in [-0.05, 0) is 54.8 Å². The second-order valence-electron chi connectivity index (χ2n) is 6.23. The summed E-state index contributed by atoms with van der Waals surface area (Å²) in [5.41, 5.74) is 3.25. The SMILES string of the molecule is CCCCc1ccc2ncc3c(=O)n(-c4ccc(F)cc4)[nH]c3c2c1. The van der Waals surface area contributed by atoms with Crippen molar-refractivity contribution in [1.82, 2.24) is 14.8 Å². The quantitative estimate of drug-likeness (QED) is 0.603. The van der Waals surface area contributed by atoms with Crippen LogP contribution in [-0.4, -0.2) is 14.8 Å². The standard InChI is InChI=1S/C20H18FN3O/c1-2-3-4-13-5-10-18-16(11-13)19-17(12-22-18)20(25)24(23-19)15-8-6-14(21)7-9-15/h5-12,23H,2-4H2,1H3. The average Bonchev–Trinajstić information content (AvgIpc) is 2.98. The molecule has 4 aromatic rings. The minimum atomic E-state index is -0.333. The Morgan fingerprint density at radius 3 is 2.68 bits per heavy atom. The average molecular weight is 335 g/mol. The number of hydrogen-bond donors (Lipinski definition) is 1. The zero-order valence-corrected chi connectivity index (χ0v) is 13.9. The Bertz CT molecular complexity index is 1110. The number of fused-ring (bicyclic) bond motifs is 3. The fraction of sp³-hybridized carbons (Fsp3) is 0.200. The zero-order chi connectivity index (χ0) is 17.4. The Labute approximate surface area is 143 Å². The number of unbranched alkanes of at least 4 members (excludes halogenated alkanes) is 1. The molecule has 0 saturated heterocycles. The van der Waals surface area contributed by atoms with Crippen LogP contribution in [0.5, 0.6) is 0 Å². The molecule has 0 aliphatic carbocycles. The van der Waals surface area contributed by atoms with Crippen molar-refractivity contribution in [2.45, 2.75) is 26.2 Å². The third-order valence-corrected chi connectivity index (χ3v) is 4.49. The van der Waals surface area contributed by atoms with Crippen LogP contribution in [0.3, 0.4) is 0 Å². The maximum Gasteiger partial charge on any atom is 0.280 e. The molecule has 5 heteroatoms. The summed E-state index contributed by atoms with van der Waals surface area (Å²) in [7, 11) is 0. The summed E-state index contributed by atoms with van der Waals surface area (Å²) in [6.45, 7) is 2.17. The summed E-state index contributed by atoms with van der Waals surface area (Å²) in [4.78, 5) is 17.1. The first-order valence-corrected chi connectivity index (χ1v) is 8.45. The van der Waals surface area contributed by atoms with Gasteiger partial charge in [-0.1, -0.05) is 19.4 Å². The Morgan fingerprint density at radius 1 is 1.12 bits per heavy atom. The molecule has 1 N–H and O–H groups in total. The number of halogens is 1. The summed E-state index contributed by atoms with van der Waals surface area (Å²) < 4.78 is 14.6. The highest BCUT2D eigenvalue weighted by atomic mass is 19.1. The first-order valence-electron chi connectivity index (χ1n) is 8.45. The third-order valence-electron chi connectivity index (χ3n) is 4.49. The third kappa shape index (κ3) is 2.71. The highest BCUT2D eigenvalue weighted by Crippen LogP contribution is 2.23. The fourth-order valence-electron chi connectivity index (χ4n) is 3.11. The van der Waals surface area contributed by atoms with E-state index in [1.807, 2.05) is 6.07 Å². The molecule has 4 nitrogen and oxygen atoms in total. The van der Waals surface area contributed by atoms with Gasteiger partial charge in [0.05, 0.1) is 22.1 Å². The van der Waals surface area contributed by atoms with Crippen LogP contribution in [-0.2, 0) is 6.42 Å². The first-order chi connectivity index (χ1) is 12.2. The van der Waals surface area contributed by atoms with Crippen molar-refractivity contribution in [2.24, 2.45) is 0 Å². The Morgan fingerprint density at radius 2 is 1.92 bits per heavy atom. The van der Waals surface area contributed by atoms with Crippen LogP contribution in [0.4, 0.5) is 4.39 Å². The molecule has 0 spiro atoms. The molecule has 0 amide bonds. The molecular formula is C20H18FN3O. The molecule has 2 aromatic carbocycles. The maximum absolute atomic E-state index is 13.2. The summed E-state index contributed by atoms with van der Waals surface area (Å²) in [6.07, 6.45) is 4.87. The molecule has 4 rings (SSSR count). The lowest BCUT2D eigenvalue weighted by Crippen LogP contribution is -2.14. The van der Waals surface area contributed by atoms with Crippen molar-refractivity contribution >= 4 is 21.8 Å². The number of aromatic amines is 1. The minimum absolute atomic E-state index is 0.185. The number of H-pyrrole nitrogens is 1. The summed E-state index contributed by atoms with van der Waals surface area (Å²) >= 11 is 0. The molecule has 0 saturated carbocycles. The number of nitrogens with one attached hydrogen (secondary N) is 1. The van der Waals surface area contributed by atoms with Crippen LogP contribution in [0.1, 0.15) is 25.3 Å². The van der Waals surface area contributed by atoms with E-state index < -0.39 is 0 Å². The topological polar surface area (TPSA) is 50.7 Å². The molecule has 0 radical (unpaired) electrons. The van der Waals surface area contributed by atoms with E-state index in [2.05, 4.69) is 29.1 Å². The number of hydrogen-bond acceptors (Lipinski definition) is 2. The van der Waals surface area contributed by atoms with Crippen LogP contribution in [0, 0.1) is 5.82 Å². The van der Waals surface area contributed by atoms with Gasteiger partial charge in [0.25, 0.3) is 5.56 Å². The smallest absolute Gasteiger partial charge is 0.280 e. The summed E-state index contributed by atoms with van der Waals surface area (Å²) in [6, 6.07) is 12.0. The Hall–Kier alpha value is -2.95. The minimum Gasteiger partial charge on any atom is -0.290 e. The van der Waals surface area contributed by atoms with Crippen LogP contribution < -0.4 is 5.56 Å². The molecule has 25 heavy (non-hydrogen) atoms. The van der Waals surface area contributed by atoms with Gasteiger partial charge in [0.1, 0.15) is 5.82 Å². The zero-order valence-electron chi connectivity index (χ0n) is 13.9. The van der Waals surface area contributed by atoms with Crippen molar-refractivity contribution in [3.05, 3.63) is 70.4 Å². The molecule has 0 aliphatic heterocycles. The molecule has 0 atom stereocenters. The van der Waals surface area contributed by atoms with Gasteiger partial charge in [0.2, 0.25) is 0 Å². The van der Waals surface area contributed by atoms with Crippen LogP contribution in [0.15, 0.2) is 53.5 Å². The lowest BCUT2D eigenvalue weighted by molar-refractivity contribution is 0.627. The van der Waals surface area contributed by atoms with E-state index in [0.717, 1.165) is 35.7 Å². The second kappa shape index (κ2) is 6.16. The fourth-order valence-corrected chi connectivity index (χ4v) is 3.11. The van der Waals surface area contributed by atoms with Gasteiger partial charge in [-0.3, -0.25) is 14.9 Å². The van der Waals surface area contributed by atoms with Crippen molar-refractivity contribution in [3.63, 3.8) is 0 Å². The van der Waals surface area contributed by atoms with Crippen LogP contribution >= 0.6 is 0 Å². The Balaban J connectivity index is 1.93. The van der Waals surface area contributed by atoms with Gasteiger partial charge < -0.3 is 0 Å². The van der Waals surface area contributed by atoms with Crippen molar-refractivity contribution < 1.29 is 4.39 Å². The lowest BCUT2D eigenvalue weighted by Gasteiger charge is -2.04. The number of pyridine rings is 1.